The molecule has 0 bridgehead atoms. The molecule has 0 aliphatic carbocycles. The fraction of sp³-hybridized carbons (Fsp3) is 0.562. The Kier molecular flexibility index (Phi) is 4.94. The minimum Gasteiger partial charge on any atom is -0.457 e. The van der Waals surface area contributed by atoms with Crippen molar-refractivity contribution in [3.05, 3.63) is 35.9 Å². The number of carbonyl (C=O) groups is 1. The van der Waals surface area contributed by atoms with E-state index in [2.05, 4.69) is 13.8 Å². The Morgan fingerprint density at radius 2 is 1.78 bits per heavy atom. The van der Waals surface area contributed by atoms with E-state index in [1.54, 1.807) is 0 Å². The van der Waals surface area contributed by atoms with Gasteiger partial charge in [-0.05, 0) is 31.7 Å². The molecular formula is C16H24O2. The molecule has 0 spiro atoms. The van der Waals surface area contributed by atoms with Gasteiger partial charge in [0.1, 0.15) is 6.10 Å². The van der Waals surface area contributed by atoms with Crippen molar-refractivity contribution < 1.29 is 9.53 Å². The lowest BCUT2D eigenvalue weighted by Crippen LogP contribution is -2.28. The average molecular weight is 248 g/mol. The van der Waals surface area contributed by atoms with Crippen LogP contribution in [-0.2, 0) is 9.53 Å². The molecule has 1 rings (SSSR count). The summed E-state index contributed by atoms with van der Waals surface area (Å²) in [6, 6.07) is 9.94. The summed E-state index contributed by atoms with van der Waals surface area (Å²) >= 11 is 0. The molecule has 0 amide bonds. The van der Waals surface area contributed by atoms with E-state index in [0.717, 1.165) is 12.0 Å². The Balaban J connectivity index is 2.86. The molecule has 1 aromatic carbocycles. The topological polar surface area (TPSA) is 26.3 Å². The number of hydrogen-bond donors (Lipinski definition) is 0. The van der Waals surface area contributed by atoms with E-state index in [9.17, 15) is 4.79 Å². The van der Waals surface area contributed by atoms with E-state index in [1.165, 1.54) is 0 Å². The van der Waals surface area contributed by atoms with Crippen LogP contribution < -0.4 is 0 Å². The number of ether oxygens (including phenoxy) is 1. The van der Waals surface area contributed by atoms with Crippen molar-refractivity contribution in [2.75, 3.05) is 0 Å². The first-order chi connectivity index (χ1) is 8.38. The molecule has 1 unspecified atom stereocenters. The Morgan fingerprint density at radius 1 is 1.22 bits per heavy atom. The highest BCUT2D eigenvalue weighted by Crippen LogP contribution is 2.30. The Labute approximate surface area is 110 Å². The van der Waals surface area contributed by atoms with Crippen LogP contribution in [-0.4, -0.2) is 5.97 Å². The molecule has 2 heteroatoms. The van der Waals surface area contributed by atoms with Gasteiger partial charge in [-0.1, -0.05) is 51.1 Å². The maximum atomic E-state index is 12.2. The molecular weight excluding hydrogens is 224 g/mol. The number of benzene rings is 1. The van der Waals surface area contributed by atoms with Gasteiger partial charge < -0.3 is 4.74 Å². The van der Waals surface area contributed by atoms with Gasteiger partial charge in [-0.3, -0.25) is 4.79 Å². The second-order valence-corrected chi connectivity index (χ2v) is 5.72. The van der Waals surface area contributed by atoms with Crippen LogP contribution in [0.25, 0.3) is 0 Å². The third-order valence-corrected chi connectivity index (χ3v) is 3.40. The third-order valence-electron chi connectivity index (χ3n) is 3.40. The Morgan fingerprint density at radius 3 is 2.22 bits per heavy atom. The fourth-order valence-corrected chi connectivity index (χ4v) is 1.65. The van der Waals surface area contributed by atoms with E-state index in [-0.39, 0.29) is 18.0 Å². The number of esters is 1. The van der Waals surface area contributed by atoms with Gasteiger partial charge >= 0.3 is 5.97 Å². The van der Waals surface area contributed by atoms with Crippen molar-refractivity contribution in [3.63, 3.8) is 0 Å². The van der Waals surface area contributed by atoms with Crippen LogP contribution >= 0.6 is 0 Å². The molecule has 0 fully saturated rings. The van der Waals surface area contributed by atoms with Crippen LogP contribution in [0.3, 0.4) is 0 Å². The van der Waals surface area contributed by atoms with E-state index >= 15 is 0 Å². The largest absolute Gasteiger partial charge is 0.457 e. The van der Waals surface area contributed by atoms with Crippen LogP contribution in [0.1, 0.15) is 52.7 Å². The van der Waals surface area contributed by atoms with Gasteiger partial charge in [-0.2, -0.15) is 0 Å². The highest BCUT2D eigenvalue weighted by Gasteiger charge is 2.31. The van der Waals surface area contributed by atoms with Crippen molar-refractivity contribution in [1.82, 2.24) is 0 Å². The number of hydrogen-bond acceptors (Lipinski definition) is 2. The molecule has 0 saturated carbocycles. The second kappa shape index (κ2) is 6.03. The summed E-state index contributed by atoms with van der Waals surface area (Å²) in [5.74, 6) is 0.150. The number of carbonyl (C=O) groups excluding carboxylic acids is 1. The van der Waals surface area contributed by atoms with Gasteiger partial charge in [0, 0.05) is 0 Å². The summed E-state index contributed by atoms with van der Waals surface area (Å²) in [6.45, 7) is 10.0. The van der Waals surface area contributed by atoms with Crippen molar-refractivity contribution in [1.29, 1.82) is 0 Å². The fourth-order valence-electron chi connectivity index (χ4n) is 1.65. The lowest BCUT2D eigenvalue weighted by Gasteiger charge is -2.27. The van der Waals surface area contributed by atoms with Crippen LogP contribution in [0.4, 0.5) is 0 Å². The standard InChI is InChI=1S/C16H24O2/c1-6-16(4,5)15(17)18-14(12(2)3)13-10-8-7-9-11-13/h7-12,14H,6H2,1-5H3. The maximum Gasteiger partial charge on any atom is 0.312 e. The van der Waals surface area contributed by atoms with Gasteiger partial charge in [0.15, 0.2) is 0 Å². The lowest BCUT2D eigenvalue weighted by atomic mass is 9.90. The SMILES string of the molecule is CCC(C)(C)C(=O)OC(c1ccccc1)C(C)C. The minimum absolute atomic E-state index is 0.118. The van der Waals surface area contributed by atoms with Crippen LogP contribution in [0.2, 0.25) is 0 Å². The molecule has 0 radical (unpaired) electrons. The van der Waals surface area contributed by atoms with Gasteiger partial charge in [0.2, 0.25) is 0 Å². The molecule has 100 valence electrons. The van der Waals surface area contributed by atoms with Crippen molar-refractivity contribution >= 4 is 5.97 Å². The lowest BCUT2D eigenvalue weighted by molar-refractivity contribution is -0.162. The van der Waals surface area contributed by atoms with Crippen LogP contribution in [0, 0.1) is 11.3 Å². The average Bonchev–Trinajstić information content (AvgIpc) is 2.36. The first-order valence-electron chi connectivity index (χ1n) is 6.64. The molecule has 2 nitrogen and oxygen atoms in total. The molecule has 0 saturated heterocycles. The van der Waals surface area contributed by atoms with Crippen LogP contribution in [0.15, 0.2) is 30.3 Å². The summed E-state index contributed by atoms with van der Waals surface area (Å²) in [6.07, 6.45) is 0.621. The normalized spacial score (nSPS) is 13.4. The zero-order chi connectivity index (χ0) is 13.8. The zero-order valence-electron chi connectivity index (χ0n) is 12.1. The highest BCUT2D eigenvalue weighted by atomic mass is 16.5. The van der Waals surface area contributed by atoms with Crippen molar-refractivity contribution in [3.8, 4) is 0 Å². The molecule has 0 N–H and O–H groups in total. The minimum atomic E-state index is -0.415. The van der Waals surface area contributed by atoms with Crippen molar-refractivity contribution in [2.24, 2.45) is 11.3 Å². The first-order valence-corrected chi connectivity index (χ1v) is 6.64. The molecule has 0 aliphatic heterocycles. The quantitative estimate of drug-likeness (QED) is 0.723. The van der Waals surface area contributed by atoms with E-state index in [4.69, 9.17) is 4.74 Å². The summed E-state index contributed by atoms with van der Waals surface area (Å²) in [7, 11) is 0. The predicted octanol–water partition coefficient (Wildman–Crippen LogP) is 4.36. The van der Waals surface area contributed by atoms with E-state index < -0.39 is 5.41 Å². The molecule has 0 aliphatic rings. The molecule has 1 atom stereocenters. The highest BCUT2D eigenvalue weighted by molar-refractivity contribution is 5.76. The molecule has 0 heterocycles. The van der Waals surface area contributed by atoms with E-state index in [1.807, 2.05) is 51.1 Å². The molecule has 18 heavy (non-hydrogen) atoms. The summed E-state index contributed by atoms with van der Waals surface area (Å²) < 4.78 is 5.71. The Hall–Kier alpha value is -1.31. The van der Waals surface area contributed by atoms with Crippen LogP contribution in [0.5, 0.6) is 0 Å². The zero-order valence-corrected chi connectivity index (χ0v) is 12.1. The predicted molar refractivity (Wildman–Crippen MR) is 74.2 cm³/mol. The third kappa shape index (κ3) is 3.59. The molecule has 0 aromatic heterocycles. The van der Waals surface area contributed by atoms with Gasteiger partial charge in [-0.15, -0.1) is 0 Å². The Bertz CT molecular complexity index is 379. The summed E-state index contributed by atoms with van der Waals surface area (Å²) in [4.78, 5) is 12.2. The first kappa shape index (κ1) is 14.7. The summed E-state index contributed by atoms with van der Waals surface area (Å²) in [5.41, 5.74) is 0.648. The smallest absolute Gasteiger partial charge is 0.312 e. The van der Waals surface area contributed by atoms with Gasteiger partial charge in [-0.25, -0.2) is 0 Å². The maximum absolute atomic E-state index is 12.2. The number of rotatable bonds is 5. The second-order valence-electron chi connectivity index (χ2n) is 5.72. The van der Waals surface area contributed by atoms with E-state index in [0.29, 0.717) is 0 Å². The molecule has 1 aromatic rings. The van der Waals surface area contributed by atoms with Gasteiger partial charge in [0.05, 0.1) is 5.41 Å². The van der Waals surface area contributed by atoms with Crippen molar-refractivity contribution in [2.45, 2.75) is 47.1 Å². The van der Waals surface area contributed by atoms with Gasteiger partial charge in [0.25, 0.3) is 0 Å². The summed E-state index contributed by atoms with van der Waals surface area (Å²) in [5, 5.41) is 0. The monoisotopic (exact) mass is 248 g/mol.